The van der Waals surface area contributed by atoms with Crippen LogP contribution in [0.15, 0.2) is 42.5 Å². The van der Waals surface area contributed by atoms with Crippen molar-refractivity contribution in [3.05, 3.63) is 65.5 Å². The van der Waals surface area contributed by atoms with E-state index in [2.05, 4.69) is 5.32 Å². The first-order chi connectivity index (χ1) is 14.3. The van der Waals surface area contributed by atoms with E-state index in [-0.39, 0.29) is 30.8 Å². The van der Waals surface area contributed by atoms with Crippen molar-refractivity contribution in [3.63, 3.8) is 0 Å². The van der Waals surface area contributed by atoms with Crippen LogP contribution in [0.2, 0.25) is 0 Å². The van der Waals surface area contributed by atoms with E-state index in [1.807, 2.05) is 6.07 Å². The number of para-hydroxylation sites is 1. The van der Waals surface area contributed by atoms with Gasteiger partial charge in [0.05, 0.1) is 0 Å². The van der Waals surface area contributed by atoms with E-state index in [9.17, 15) is 22.8 Å². The zero-order valence-corrected chi connectivity index (χ0v) is 17.5. The number of anilines is 1. The summed E-state index contributed by atoms with van der Waals surface area (Å²) in [5.41, 5.74) is 6.46. The molecule has 1 heterocycles. The van der Waals surface area contributed by atoms with Gasteiger partial charge in [0.2, 0.25) is 5.91 Å². The van der Waals surface area contributed by atoms with Crippen molar-refractivity contribution in [2.24, 2.45) is 5.73 Å². The zero-order valence-electron chi connectivity index (χ0n) is 16.7. The maximum Gasteiger partial charge on any atom is 0.340 e. The van der Waals surface area contributed by atoms with Gasteiger partial charge in [0, 0.05) is 37.3 Å². The summed E-state index contributed by atoms with van der Waals surface area (Å²) < 4.78 is 40.3. The SMILES string of the molecule is Cl.N[C@@H](CC(=O)N1CCCCN1C(=O)Nc1ccccc1)Cc1cc(F)c(F)cc1F. The number of halogens is 4. The molecule has 1 saturated heterocycles. The highest BCUT2D eigenvalue weighted by molar-refractivity contribution is 5.91. The maximum atomic E-state index is 13.8. The lowest BCUT2D eigenvalue weighted by atomic mass is 10.0. The Hall–Kier alpha value is -2.78. The number of urea groups is 1. The fourth-order valence-electron chi connectivity index (χ4n) is 3.35. The number of carbonyl (C=O) groups is 2. The van der Waals surface area contributed by atoms with Crippen LogP contribution >= 0.6 is 12.4 Å². The molecule has 168 valence electrons. The van der Waals surface area contributed by atoms with Crippen molar-refractivity contribution in [3.8, 4) is 0 Å². The van der Waals surface area contributed by atoms with Gasteiger partial charge in [-0.2, -0.15) is 0 Å². The molecular weight excluding hydrogens is 433 g/mol. The lowest BCUT2D eigenvalue weighted by molar-refractivity contribution is -0.147. The maximum absolute atomic E-state index is 13.8. The summed E-state index contributed by atoms with van der Waals surface area (Å²) in [5.74, 6) is -3.77. The van der Waals surface area contributed by atoms with E-state index in [0.29, 0.717) is 24.8 Å². The normalized spacial score (nSPS) is 14.6. The molecule has 1 atom stereocenters. The molecule has 6 nitrogen and oxygen atoms in total. The number of benzene rings is 2. The van der Waals surface area contributed by atoms with Crippen molar-refractivity contribution >= 4 is 30.0 Å². The van der Waals surface area contributed by atoms with Gasteiger partial charge in [-0.25, -0.2) is 23.0 Å². The van der Waals surface area contributed by atoms with Crippen LogP contribution < -0.4 is 11.1 Å². The minimum absolute atomic E-state index is 0. The van der Waals surface area contributed by atoms with E-state index in [4.69, 9.17) is 5.73 Å². The highest BCUT2D eigenvalue weighted by Crippen LogP contribution is 2.18. The van der Waals surface area contributed by atoms with E-state index < -0.39 is 35.4 Å². The standard InChI is InChI=1S/C21H23F3N4O2.ClH/c22-17-13-19(24)18(23)11-14(17)10-15(25)12-20(29)27-8-4-5-9-28(27)21(30)26-16-6-2-1-3-7-16;/h1-3,6-7,11,13,15H,4-5,8-10,12,25H2,(H,26,30);1H/t15-;/m1./s1. The average Bonchev–Trinajstić information content (AvgIpc) is 2.72. The van der Waals surface area contributed by atoms with Gasteiger partial charge >= 0.3 is 6.03 Å². The molecule has 0 radical (unpaired) electrons. The number of carbonyl (C=O) groups excluding carboxylic acids is 2. The summed E-state index contributed by atoms with van der Waals surface area (Å²) in [4.78, 5) is 25.4. The van der Waals surface area contributed by atoms with Gasteiger partial charge in [-0.1, -0.05) is 18.2 Å². The van der Waals surface area contributed by atoms with Gasteiger partial charge < -0.3 is 11.1 Å². The highest BCUT2D eigenvalue weighted by Gasteiger charge is 2.29. The number of hydrazine groups is 1. The second-order valence-corrected chi connectivity index (χ2v) is 7.17. The summed E-state index contributed by atoms with van der Waals surface area (Å²) in [6, 6.07) is 8.81. The Bertz CT molecular complexity index is 917. The molecule has 10 heteroatoms. The number of nitrogens with two attached hydrogens (primary N) is 1. The third kappa shape index (κ3) is 6.35. The van der Waals surface area contributed by atoms with Crippen molar-refractivity contribution in [1.82, 2.24) is 10.0 Å². The fraction of sp³-hybridized carbons (Fsp3) is 0.333. The summed E-state index contributed by atoms with van der Waals surface area (Å²) in [5, 5.41) is 5.42. The van der Waals surface area contributed by atoms with Crippen molar-refractivity contribution in [2.75, 3.05) is 18.4 Å². The first-order valence-corrected chi connectivity index (χ1v) is 9.68. The monoisotopic (exact) mass is 456 g/mol. The Morgan fingerprint density at radius 1 is 0.968 bits per heavy atom. The largest absolute Gasteiger partial charge is 0.340 e. The smallest absolute Gasteiger partial charge is 0.327 e. The van der Waals surface area contributed by atoms with E-state index in [0.717, 1.165) is 18.9 Å². The molecule has 3 rings (SSSR count). The van der Waals surface area contributed by atoms with Crippen LogP contribution in [-0.2, 0) is 11.2 Å². The Morgan fingerprint density at radius 2 is 1.58 bits per heavy atom. The first kappa shape index (κ1) is 24.5. The Kier molecular flexibility index (Phi) is 8.70. The van der Waals surface area contributed by atoms with Gasteiger partial charge in [-0.15, -0.1) is 12.4 Å². The van der Waals surface area contributed by atoms with E-state index in [1.165, 1.54) is 10.0 Å². The van der Waals surface area contributed by atoms with E-state index in [1.54, 1.807) is 24.3 Å². The number of amides is 3. The van der Waals surface area contributed by atoms with E-state index >= 15 is 0 Å². The summed E-state index contributed by atoms with van der Waals surface area (Å²) in [6.45, 7) is 0.727. The Balaban J connectivity index is 0.00000341. The number of nitrogens with one attached hydrogen (secondary N) is 1. The van der Waals surface area contributed by atoms with Crippen molar-refractivity contribution in [1.29, 1.82) is 0 Å². The Morgan fingerprint density at radius 3 is 2.26 bits per heavy atom. The summed E-state index contributed by atoms with van der Waals surface area (Å²) in [7, 11) is 0. The second-order valence-electron chi connectivity index (χ2n) is 7.17. The minimum Gasteiger partial charge on any atom is -0.327 e. The molecular formula is C21H24ClF3N4O2. The molecule has 0 bridgehead atoms. The zero-order chi connectivity index (χ0) is 21.7. The van der Waals surface area contributed by atoms with Crippen LogP contribution in [0.5, 0.6) is 0 Å². The van der Waals surface area contributed by atoms with Gasteiger partial charge in [-0.05, 0) is 43.0 Å². The minimum atomic E-state index is -1.28. The number of rotatable bonds is 5. The molecule has 0 spiro atoms. The molecule has 0 aliphatic carbocycles. The molecule has 3 N–H and O–H groups in total. The predicted octanol–water partition coefficient (Wildman–Crippen LogP) is 3.86. The average molecular weight is 457 g/mol. The van der Waals surface area contributed by atoms with Crippen LogP contribution in [0, 0.1) is 17.5 Å². The molecule has 3 amide bonds. The third-order valence-corrected chi connectivity index (χ3v) is 4.84. The molecule has 31 heavy (non-hydrogen) atoms. The summed E-state index contributed by atoms with van der Waals surface area (Å²) in [6.07, 6.45) is 1.17. The molecule has 0 unspecified atom stereocenters. The molecule has 1 aliphatic rings. The van der Waals surface area contributed by atoms with Gasteiger partial charge in [0.1, 0.15) is 5.82 Å². The van der Waals surface area contributed by atoms with Crippen molar-refractivity contribution in [2.45, 2.75) is 31.7 Å². The molecule has 0 aromatic heterocycles. The molecule has 2 aromatic carbocycles. The first-order valence-electron chi connectivity index (χ1n) is 9.68. The van der Waals surface area contributed by atoms with Gasteiger partial charge in [-0.3, -0.25) is 9.80 Å². The molecule has 1 fully saturated rings. The molecule has 1 aliphatic heterocycles. The summed E-state index contributed by atoms with van der Waals surface area (Å²) >= 11 is 0. The van der Waals surface area contributed by atoms with Crippen LogP contribution in [0.1, 0.15) is 24.8 Å². The third-order valence-electron chi connectivity index (χ3n) is 4.84. The second kappa shape index (κ2) is 11.0. The predicted molar refractivity (Wildman–Crippen MR) is 113 cm³/mol. The van der Waals surface area contributed by atoms with Crippen molar-refractivity contribution < 1.29 is 22.8 Å². The van der Waals surface area contributed by atoms with Crippen LogP contribution in [0.25, 0.3) is 0 Å². The molecule has 2 aromatic rings. The van der Waals surface area contributed by atoms with Gasteiger partial charge in [0.15, 0.2) is 11.6 Å². The van der Waals surface area contributed by atoms with Crippen LogP contribution in [-0.4, -0.2) is 41.1 Å². The number of hydrogen-bond donors (Lipinski definition) is 2. The quantitative estimate of drug-likeness (QED) is 0.671. The molecule has 0 saturated carbocycles. The number of hydrogen-bond acceptors (Lipinski definition) is 3. The fourth-order valence-corrected chi connectivity index (χ4v) is 3.35. The lowest BCUT2D eigenvalue weighted by Gasteiger charge is -2.38. The Labute approximate surface area is 184 Å². The van der Waals surface area contributed by atoms with Crippen LogP contribution in [0.3, 0.4) is 0 Å². The topological polar surface area (TPSA) is 78.7 Å². The number of nitrogens with zero attached hydrogens (tertiary/aromatic N) is 2. The highest BCUT2D eigenvalue weighted by atomic mass is 35.5. The van der Waals surface area contributed by atoms with Crippen LogP contribution in [0.4, 0.5) is 23.7 Å². The van der Waals surface area contributed by atoms with Gasteiger partial charge in [0.25, 0.3) is 0 Å². The lowest BCUT2D eigenvalue weighted by Crippen LogP contribution is -2.55.